The number of allylic oxidation sites excluding steroid dienone is 2. The Bertz CT molecular complexity index is 1170. The summed E-state index contributed by atoms with van der Waals surface area (Å²) in [6.07, 6.45) is 6.66. The number of ketones is 1. The number of nitrogens with zero attached hydrogens (tertiary/aromatic N) is 2. The Morgan fingerprint density at radius 1 is 1.15 bits per heavy atom. The number of urea groups is 1. The average molecular weight is 477 g/mol. The van der Waals surface area contributed by atoms with Crippen LogP contribution in [0.1, 0.15) is 43.1 Å². The lowest BCUT2D eigenvalue weighted by Gasteiger charge is -2.22. The normalized spacial score (nSPS) is 16.6. The fourth-order valence-corrected chi connectivity index (χ4v) is 4.33. The van der Waals surface area contributed by atoms with Crippen LogP contribution in [0.15, 0.2) is 71.9 Å². The third-order valence-corrected chi connectivity index (χ3v) is 6.24. The van der Waals surface area contributed by atoms with Gasteiger partial charge in [0.15, 0.2) is 17.1 Å². The molecule has 34 heavy (non-hydrogen) atoms. The monoisotopic (exact) mass is 476 g/mol. The summed E-state index contributed by atoms with van der Waals surface area (Å²) >= 11 is 1.35. The van der Waals surface area contributed by atoms with E-state index in [0.717, 1.165) is 17.6 Å². The van der Waals surface area contributed by atoms with Crippen LogP contribution in [-0.2, 0) is 0 Å². The van der Waals surface area contributed by atoms with Gasteiger partial charge in [0.25, 0.3) is 0 Å². The minimum absolute atomic E-state index is 0.0309. The number of ether oxygens (including phenoxy) is 1. The van der Waals surface area contributed by atoms with Gasteiger partial charge in [-0.15, -0.1) is 0 Å². The van der Waals surface area contributed by atoms with Gasteiger partial charge in [-0.1, -0.05) is 50.3 Å². The lowest BCUT2D eigenvalue weighted by Crippen LogP contribution is -2.32. The second kappa shape index (κ2) is 10.6. The highest BCUT2D eigenvalue weighted by Crippen LogP contribution is 2.33. The second-order valence-electron chi connectivity index (χ2n) is 8.49. The molecule has 0 bridgehead atoms. The van der Waals surface area contributed by atoms with Crippen LogP contribution in [0.5, 0.6) is 5.75 Å². The zero-order valence-electron chi connectivity index (χ0n) is 19.4. The minimum atomic E-state index is -0.381. The van der Waals surface area contributed by atoms with Crippen molar-refractivity contribution in [1.29, 1.82) is 0 Å². The van der Waals surface area contributed by atoms with E-state index in [4.69, 9.17) is 4.74 Å². The molecule has 2 amide bonds. The molecule has 2 N–H and O–H groups in total. The van der Waals surface area contributed by atoms with Crippen molar-refractivity contribution in [3.8, 4) is 5.75 Å². The molecule has 0 spiro atoms. The number of para-hydroxylation sites is 2. The topological polar surface area (TPSA) is 83.0 Å². The highest BCUT2D eigenvalue weighted by molar-refractivity contribution is 8.12. The molecule has 0 fully saturated rings. The SMILES string of the molecule is CC(=O)c1cccc(C2=CN3SC(NC(=O)Nc4ccccc4OCCC(C)C)=NC3C=C2)c1. The number of carbonyl (C=O) groups is 2. The summed E-state index contributed by atoms with van der Waals surface area (Å²) in [6.45, 7) is 6.44. The van der Waals surface area contributed by atoms with Crippen LogP contribution in [-0.4, -0.2) is 34.1 Å². The number of carbonyl (C=O) groups excluding carboxylic acids is 2. The molecule has 0 saturated carbocycles. The molecule has 1 unspecified atom stereocenters. The lowest BCUT2D eigenvalue weighted by atomic mass is 10.0. The van der Waals surface area contributed by atoms with Crippen LogP contribution < -0.4 is 15.4 Å². The Balaban J connectivity index is 1.37. The largest absolute Gasteiger partial charge is 0.491 e. The molecule has 0 aliphatic carbocycles. The van der Waals surface area contributed by atoms with E-state index in [0.29, 0.717) is 34.7 Å². The maximum absolute atomic E-state index is 12.6. The van der Waals surface area contributed by atoms with E-state index in [1.54, 1.807) is 6.92 Å². The number of nitrogens with one attached hydrogen (secondary N) is 2. The molecule has 2 aliphatic rings. The van der Waals surface area contributed by atoms with Gasteiger partial charge in [0.05, 0.1) is 12.3 Å². The van der Waals surface area contributed by atoms with Gasteiger partial charge in [-0.25, -0.2) is 9.79 Å². The van der Waals surface area contributed by atoms with Crippen molar-refractivity contribution in [1.82, 2.24) is 9.62 Å². The Morgan fingerprint density at radius 3 is 2.76 bits per heavy atom. The first-order valence-electron chi connectivity index (χ1n) is 11.2. The van der Waals surface area contributed by atoms with E-state index in [9.17, 15) is 9.59 Å². The molecule has 1 atom stereocenters. The van der Waals surface area contributed by atoms with Gasteiger partial charge in [0.1, 0.15) is 5.75 Å². The maximum atomic E-state index is 12.6. The van der Waals surface area contributed by atoms with E-state index in [-0.39, 0.29) is 18.0 Å². The smallest absolute Gasteiger partial charge is 0.325 e. The molecule has 2 aromatic rings. The van der Waals surface area contributed by atoms with Crippen molar-refractivity contribution in [3.05, 3.63) is 78.0 Å². The molecule has 176 valence electrons. The highest BCUT2D eigenvalue weighted by atomic mass is 32.2. The molecule has 8 heteroatoms. The third kappa shape index (κ3) is 5.88. The Morgan fingerprint density at radius 2 is 1.97 bits per heavy atom. The summed E-state index contributed by atoms with van der Waals surface area (Å²) < 4.78 is 7.82. The highest BCUT2D eigenvalue weighted by Gasteiger charge is 2.27. The fourth-order valence-electron chi connectivity index (χ4n) is 3.45. The van der Waals surface area contributed by atoms with Crippen LogP contribution in [0.4, 0.5) is 10.5 Å². The number of anilines is 1. The number of hydrogen-bond acceptors (Lipinski definition) is 6. The number of benzene rings is 2. The number of amidine groups is 1. The van der Waals surface area contributed by atoms with Gasteiger partial charge in [-0.05, 0) is 54.7 Å². The van der Waals surface area contributed by atoms with Crippen LogP contribution in [0, 0.1) is 5.92 Å². The van der Waals surface area contributed by atoms with Crippen molar-refractivity contribution >= 4 is 40.2 Å². The molecule has 2 aromatic carbocycles. The zero-order valence-corrected chi connectivity index (χ0v) is 20.3. The van der Waals surface area contributed by atoms with Gasteiger partial charge in [-0.3, -0.25) is 14.4 Å². The van der Waals surface area contributed by atoms with Crippen LogP contribution >= 0.6 is 11.9 Å². The van der Waals surface area contributed by atoms with Gasteiger partial charge in [0, 0.05) is 23.7 Å². The van der Waals surface area contributed by atoms with Crippen molar-refractivity contribution in [3.63, 3.8) is 0 Å². The summed E-state index contributed by atoms with van der Waals surface area (Å²) in [4.78, 5) is 28.9. The number of hydrogen-bond donors (Lipinski definition) is 2. The van der Waals surface area contributed by atoms with Gasteiger partial charge < -0.3 is 10.1 Å². The van der Waals surface area contributed by atoms with Gasteiger partial charge in [-0.2, -0.15) is 0 Å². The van der Waals surface area contributed by atoms with Crippen molar-refractivity contribution in [2.75, 3.05) is 11.9 Å². The fraction of sp³-hybridized carbons (Fsp3) is 0.269. The summed E-state index contributed by atoms with van der Waals surface area (Å²) in [5.41, 5.74) is 3.21. The first-order chi connectivity index (χ1) is 16.4. The van der Waals surface area contributed by atoms with Crippen LogP contribution in [0.25, 0.3) is 5.57 Å². The maximum Gasteiger partial charge on any atom is 0.325 e. The Labute approximate surface area is 204 Å². The number of fused-ring (bicyclic) bond motifs is 1. The van der Waals surface area contributed by atoms with Crippen LogP contribution in [0.3, 0.4) is 0 Å². The predicted octanol–water partition coefficient (Wildman–Crippen LogP) is 5.69. The predicted molar refractivity (Wildman–Crippen MR) is 138 cm³/mol. The van der Waals surface area contributed by atoms with Crippen molar-refractivity contribution in [2.45, 2.75) is 33.4 Å². The van der Waals surface area contributed by atoms with E-state index in [1.165, 1.54) is 11.9 Å². The molecular formula is C26H28N4O3S. The number of Topliss-reactive ketones (excluding diaryl/α,β-unsaturated/α-hetero) is 1. The Kier molecular flexibility index (Phi) is 7.37. The van der Waals surface area contributed by atoms with Gasteiger partial charge >= 0.3 is 6.03 Å². The third-order valence-electron chi connectivity index (χ3n) is 5.33. The number of aliphatic imine (C=N–C) groups is 1. The van der Waals surface area contributed by atoms with E-state index < -0.39 is 0 Å². The van der Waals surface area contributed by atoms with E-state index in [1.807, 2.05) is 71.2 Å². The molecule has 0 saturated heterocycles. The Hall–Kier alpha value is -3.52. The van der Waals surface area contributed by atoms with E-state index in [2.05, 4.69) is 29.5 Å². The van der Waals surface area contributed by atoms with Gasteiger partial charge in [0.2, 0.25) is 0 Å². The molecule has 4 rings (SSSR count). The molecule has 2 heterocycles. The van der Waals surface area contributed by atoms with Crippen LogP contribution in [0.2, 0.25) is 0 Å². The standard InChI is InChI=1S/C26H28N4O3S/c1-17(2)13-14-33-23-10-5-4-9-22(23)27-25(32)29-26-28-24-12-11-21(16-30(24)34-26)20-8-6-7-19(15-20)18(3)31/h4-12,15-17,24H,13-14H2,1-3H3,(H2,27,28,29,32). The first kappa shape index (κ1) is 23.6. The number of rotatable bonds is 7. The summed E-state index contributed by atoms with van der Waals surface area (Å²) in [5, 5.41) is 6.18. The summed E-state index contributed by atoms with van der Waals surface area (Å²) in [5.74, 6) is 1.21. The summed E-state index contributed by atoms with van der Waals surface area (Å²) in [7, 11) is 0. The zero-order chi connectivity index (χ0) is 24.1. The first-order valence-corrected chi connectivity index (χ1v) is 12.0. The second-order valence-corrected chi connectivity index (χ2v) is 9.48. The summed E-state index contributed by atoms with van der Waals surface area (Å²) in [6, 6.07) is 14.5. The molecular weight excluding hydrogens is 448 g/mol. The van der Waals surface area contributed by atoms with E-state index >= 15 is 0 Å². The number of amides is 2. The lowest BCUT2D eigenvalue weighted by molar-refractivity contribution is 0.101. The van der Waals surface area contributed by atoms with Crippen molar-refractivity contribution in [2.24, 2.45) is 10.9 Å². The molecule has 0 aromatic heterocycles. The molecule has 2 aliphatic heterocycles. The average Bonchev–Trinajstić information content (AvgIpc) is 3.21. The molecule has 7 nitrogen and oxygen atoms in total. The quantitative estimate of drug-likeness (QED) is 0.396. The minimum Gasteiger partial charge on any atom is -0.491 e. The molecule has 0 radical (unpaired) electrons. The van der Waals surface area contributed by atoms with Crippen molar-refractivity contribution < 1.29 is 14.3 Å².